The zero-order valence-electron chi connectivity index (χ0n) is 19.5. The van der Waals surface area contributed by atoms with E-state index < -0.39 is 0 Å². The van der Waals surface area contributed by atoms with Gasteiger partial charge in [0, 0.05) is 28.9 Å². The van der Waals surface area contributed by atoms with Gasteiger partial charge in [-0.05, 0) is 80.9 Å². The fraction of sp³-hybridized carbons (Fsp3) is 0.222. The Morgan fingerprint density at radius 1 is 1.09 bits per heavy atom. The summed E-state index contributed by atoms with van der Waals surface area (Å²) in [6.45, 7) is 2.15. The fourth-order valence-electron chi connectivity index (χ4n) is 4.95. The molecule has 6 rings (SSSR count). The van der Waals surface area contributed by atoms with E-state index >= 15 is 0 Å². The monoisotopic (exact) mass is 465 g/mol. The third-order valence-electron chi connectivity index (χ3n) is 6.87. The average Bonchev–Trinajstić information content (AvgIpc) is 3.50. The quantitative estimate of drug-likeness (QED) is 0.324. The molecule has 1 amide bonds. The Morgan fingerprint density at radius 3 is 2.83 bits per heavy atom. The fourth-order valence-corrected chi connectivity index (χ4v) is 4.95. The SMILES string of the molecule is CN1CCC(c2cn(C(=O)Nc3cccnc3Nc3ccc4cn[nH]c4c3)c3ccccc23)CC1. The van der Waals surface area contributed by atoms with Gasteiger partial charge in [0.25, 0.3) is 0 Å². The number of benzene rings is 2. The van der Waals surface area contributed by atoms with Gasteiger partial charge in [0.1, 0.15) is 0 Å². The number of para-hydroxylation sites is 1. The second-order valence-corrected chi connectivity index (χ2v) is 9.18. The van der Waals surface area contributed by atoms with Crippen LogP contribution in [0.2, 0.25) is 0 Å². The highest BCUT2D eigenvalue weighted by Gasteiger charge is 2.24. The smallest absolute Gasteiger partial charge is 0.330 e. The number of carbonyl (C=O) groups is 1. The second kappa shape index (κ2) is 8.88. The van der Waals surface area contributed by atoms with E-state index in [0.29, 0.717) is 17.4 Å². The predicted octanol–water partition coefficient (Wildman–Crippen LogP) is 5.55. The molecule has 4 heterocycles. The second-order valence-electron chi connectivity index (χ2n) is 9.18. The number of hydrogen-bond donors (Lipinski definition) is 3. The number of nitrogens with one attached hydrogen (secondary N) is 3. The number of aromatic nitrogens is 4. The molecule has 1 saturated heterocycles. The molecule has 0 saturated carbocycles. The molecule has 176 valence electrons. The summed E-state index contributed by atoms with van der Waals surface area (Å²) in [6.07, 6.45) is 7.71. The van der Waals surface area contributed by atoms with Crippen molar-refractivity contribution < 1.29 is 4.79 Å². The van der Waals surface area contributed by atoms with Crippen molar-refractivity contribution in [3.63, 3.8) is 0 Å². The Labute approximate surface area is 203 Å². The van der Waals surface area contributed by atoms with E-state index in [1.807, 2.05) is 54.7 Å². The van der Waals surface area contributed by atoms with Crippen molar-refractivity contribution in [3.8, 4) is 0 Å². The van der Waals surface area contributed by atoms with Gasteiger partial charge >= 0.3 is 6.03 Å². The summed E-state index contributed by atoms with van der Waals surface area (Å²) in [5.74, 6) is 1.03. The van der Waals surface area contributed by atoms with E-state index in [9.17, 15) is 4.79 Å². The highest BCUT2D eigenvalue weighted by atomic mass is 16.2. The maximum Gasteiger partial charge on any atom is 0.330 e. The van der Waals surface area contributed by atoms with E-state index in [2.05, 4.69) is 43.8 Å². The molecule has 35 heavy (non-hydrogen) atoms. The van der Waals surface area contributed by atoms with Gasteiger partial charge in [-0.2, -0.15) is 5.10 Å². The number of carbonyl (C=O) groups excluding carboxylic acids is 1. The molecule has 0 bridgehead atoms. The third kappa shape index (κ3) is 4.13. The first-order valence-corrected chi connectivity index (χ1v) is 11.9. The Balaban J connectivity index is 1.29. The summed E-state index contributed by atoms with van der Waals surface area (Å²) in [5, 5.41) is 15.6. The lowest BCUT2D eigenvalue weighted by Crippen LogP contribution is -2.29. The van der Waals surface area contributed by atoms with Crippen molar-refractivity contribution in [1.82, 2.24) is 24.6 Å². The number of piperidine rings is 1. The van der Waals surface area contributed by atoms with E-state index in [4.69, 9.17) is 0 Å². The number of aromatic amines is 1. The van der Waals surface area contributed by atoms with Gasteiger partial charge in [-0.15, -0.1) is 0 Å². The molecule has 0 radical (unpaired) electrons. The number of anilines is 3. The maximum absolute atomic E-state index is 13.5. The average molecular weight is 466 g/mol. The number of hydrogen-bond acceptors (Lipinski definition) is 5. The highest BCUT2D eigenvalue weighted by Crippen LogP contribution is 2.34. The van der Waals surface area contributed by atoms with Gasteiger partial charge in [-0.25, -0.2) is 9.78 Å². The molecular weight excluding hydrogens is 438 g/mol. The number of rotatable bonds is 4. The molecular formula is C27H27N7O. The summed E-state index contributed by atoms with van der Waals surface area (Å²) in [4.78, 5) is 20.3. The Morgan fingerprint density at radius 2 is 1.94 bits per heavy atom. The van der Waals surface area contributed by atoms with Crippen LogP contribution in [-0.4, -0.2) is 50.8 Å². The first-order chi connectivity index (χ1) is 17.2. The van der Waals surface area contributed by atoms with Crippen molar-refractivity contribution in [2.45, 2.75) is 18.8 Å². The summed E-state index contributed by atoms with van der Waals surface area (Å²) in [5.41, 5.74) is 4.56. The van der Waals surface area contributed by atoms with Crippen LogP contribution >= 0.6 is 0 Å². The van der Waals surface area contributed by atoms with Crippen LogP contribution in [0.4, 0.5) is 22.0 Å². The van der Waals surface area contributed by atoms with Crippen molar-refractivity contribution in [1.29, 1.82) is 0 Å². The van der Waals surface area contributed by atoms with Gasteiger partial charge in [0.15, 0.2) is 5.82 Å². The molecule has 1 aliphatic rings. The van der Waals surface area contributed by atoms with Crippen molar-refractivity contribution in [3.05, 3.63) is 78.8 Å². The number of fused-ring (bicyclic) bond motifs is 2. The minimum Gasteiger partial charge on any atom is -0.338 e. The normalized spacial score (nSPS) is 15.0. The summed E-state index contributed by atoms with van der Waals surface area (Å²) >= 11 is 0. The van der Waals surface area contributed by atoms with Gasteiger partial charge in [0.2, 0.25) is 0 Å². The van der Waals surface area contributed by atoms with Crippen molar-refractivity contribution >= 4 is 45.0 Å². The molecule has 1 fully saturated rings. The minimum absolute atomic E-state index is 0.208. The van der Waals surface area contributed by atoms with Crippen LogP contribution in [0.3, 0.4) is 0 Å². The number of pyridine rings is 1. The lowest BCUT2D eigenvalue weighted by molar-refractivity contribution is 0.252. The largest absolute Gasteiger partial charge is 0.338 e. The topological polar surface area (TPSA) is 90.9 Å². The number of likely N-dealkylation sites (tertiary alicyclic amines) is 1. The first kappa shape index (κ1) is 21.4. The van der Waals surface area contributed by atoms with Crippen LogP contribution in [-0.2, 0) is 0 Å². The maximum atomic E-state index is 13.5. The van der Waals surface area contributed by atoms with Gasteiger partial charge in [-0.3, -0.25) is 9.67 Å². The molecule has 2 aromatic carbocycles. The Bertz CT molecular complexity index is 1510. The van der Waals surface area contributed by atoms with E-state index in [1.54, 1.807) is 17.0 Å². The molecule has 8 nitrogen and oxygen atoms in total. The number of H-pyrrole nitrogens is 1. The van der Waals surface area contributed by atoms with E-state index in [-0.39, 0.29) is 6.03 Å². The van der Waals surface area contributed by atoms with Crippen LogP contribution in [0.15, 0.2) is 73.2 Å². The molecule has 0 atom stereocenters. The summed E-state index contributed by atoms with van der Waals surface area (Å²) in [6, 6.07) is 17.5. The van der Waals surface area contributed by atoms with Gasteiger partial charge in [-0.1, -0.05) is 18.2 Å². The first-order valence-electron chi connectivity index (χ1n) is 11.9. The number of amides is 1. The highest BCUT2D eigenvalue weighted by molar-refractivity contribution is 6.01. The zero-order chi connectivity index (χ0) is 23.8. The van der Waals surface area contributed by atoms with Crippen LogP contribution in [0.5, 0.6) is 0 Å². The summed E-state index contributed by atoms with van der Waals surface area (Å²) in [7, 11) is 2.17. The van der Waals surface area contributed by atoms with Crippen molar-refractivity contribution in [2.75, 3.05) is 30.8 Å². The molecule has 3 aromatic heterocycles. The lowest BCUT2D eigenvalue weighted by Gasteiger charge is -2.28. The van der Waals surface area contributed by atoms with Gasteiger partial charge in [0.05, 0.1) is 22.9 Å². The van der Waals surface area contributed by atoms with Crippen molar-refractivity contribution in [2.24, 2.45) is 0 Å². The third-order valence-corrected chi connectivity index (χ3v) is 6.87. The lowest BCUT2D eigenvalue weighted by atomic mass is 9.89. The Hall–Kier alpha value is -4.17. The summed E-state index contributed by atoms with van der Waals surface area (Å²) < 4.78 is 1.73. The number of nitrogens with zero attached hydrogens (tertiary/aromatic N) is 4. The van der Waals surface area contributed by atoms with E-state index in [0.717, 1.165) is 53.4 Å². The van der Waals surface area contributed by atoms with E-state index in [1.165, 1.54) is 5.56 Å². The van der Waals surface area contributed by atoms with Crippen LogP contribution in [0, 0.1) is 0 Å². The van der Waals surface area contributed by atoms with Crippen LogP contribution < -0.4 is 10.6 Å². The molecule has 8 heteroatoms. The van der Waals surface area contributed by atoms with Crippen LogP contribution in [0.25, 0.3) is 21.8 Å². The standard InChI is InChI=1S/C27H27N7O/c1-33-13-10-18(11-14-33)22-17-34(25-7-3-2-5-21(22)25)27(35)31-23-6-4-12-28-26(23)30-20-9-8-19-16-29-32-24(19)15-20/h2-9,12,15-18H,10-11,13-14H2,1H3,(H,28,30)(H,29,32)(H,31,35). The molecule has 0 aliphatic carbocycles. The molecule has 5 aromatic rings. The Kier molecular flexibility index (Phi) is 5.42. The predicted molar refractivity (Wildman–Crippen MR) is 139 cm³/mol. The molecule has 0 spiro atoms. The van der Waals surface area contributed by atoms with Crippen LogP contribution in [0.1, 0.15) is 24.3 Å². The van der Waals surface area contributed by atoms with Gasteiger partial charge < -0.3 is 15.5 Å². The molecule has 3 N–H and O–H groups in total. The molecule has 0 unspecified atom stereocenters. The molecule has 1 aliphatic heterocycles. The minimum atomic E-state index is -0.208. The zero-order valence-corrected chi connectivity index (χ0v) is 19.5.